The maximum atomic E-state index is 11.4. The van der Waals surface area contributed by atoms with E-state index >= 15 is 0 Å². The molecule has 4 nitrogen and oxygen atoms in total. The quantitative estimate of drug-likeness (QED) is 0.729. The Labute approximate surface area is 97.4 Å². The van der Waals surface area contributed by atoms with Crippen molar-refractivity contribution in [2.45, 2.75) is 57.5 Å². The van der Waals surface area contributed by atoms with Crippen molar-refractivity contribution in [3.8, 4) is 0 Å². The molecule has 0 aliphatic carbocycles. The second-order valence-corrected chi connectivity index (χ2v) is 4.54. The summed E-state index contributed by atoms with van der Waals surface area (Å²) in [6.07, 6.45) is 4.24. The molecule has 1 heterocycles. The van der Waals surface area contributed by atoms with Crippen LogP contribution in [0.5, 0.6) is 0 Å². The summed E-state index contributed by atoms with van der Waals surface area (Å²) in [6.45, 7) is 5.31. The van der Waals surface area contributed by atoms with Gasteiger partial charge in [-0.05, 0) is 25.7 Å². The van der Waals surface area contributed by atoms with E-state index in [9.17, 15) is 9.90 Å². The van der Waals surface area contributed by atoms with Crippen LogP contribution in [0.1, 0.15) is 46.0 Å². The summed E-state index contributed by atoms with van der Waals surface area (Å²) in [5.74, 6) is -0.731. The molecule has 1 unspecified atom stereocenters. The first-order valence-corrected chi connectivity index (χ1v) is 6.23. The number of carbonyl (C=O) groups is 1. The first-order chi connectivity index (χ1) is 7.64. The first kappa shape index (κ1) is 13.5. The van der Waals surface area contributed by atoms with Crippen molar-refractivity contribution in [3.63, 3.8) is 0 Å². The van der Waals surface area contributed by atoms with Crippen molar-refractivity contribution in [2.75, 3.05) is 13.2 Å². The molecule has 0 radical (unpaired) electrons. The van der Waals surface area contributed by atoms with E-state index in [1.807, 2.05) is 0 Å². The smallest absolute Gasteiger partial charge is 0.324 e. The molecule has 0 aromatic heterocycles. The predicted octanol–water partition coefficient (Wildman–Crippen LogP) is 1.79. The monoisotopic (exact) mass is 229 g/mol. The topological polar surface area (TPSA) is 58.6 Å². The Balaban J connectivity index is 2.65. The van der Waals surface area contributed by atoms with Gasteiger partial charge in [-0.2, -0.15) is 0 Å². The molecule has 1 saturated heterocycles. The number of hydrogen-bond acceptors (Lipinski definition) is 3. The van der Waals surface area contributed by atoms with Gasteiger partial charge in [-0.25, -0.2) is 0 Å². The summed E-state index contributed by atoms with van der Waals surface area (Å²) in [5, 5.41) is 12.7. The maximum absolute atomic E-state index is 11.4. The molecular weight excluding hydrogens is 206 g/mol. The van der Waals surface area contributed by atoms with E-state index < -0.39 is 11.5 Å². The Bertz CT molecular complexity index is 224. The van der Waals surface area contributed by atoms with Crippen LogP contribution in [-0.4, -0.2) is 35.9 Å². The van der Waals surface area contributed by atoms with Crippen LogP contribution in [-0.2, 0) is 9.53 Å². The molecule has 0 amide bonds. The standard InChI is InChI=1S/C12H23NO3/c1-3-5-10(4-2)13-12(11(14)15)6-8-16-9-7-12/h10,13H,3-9H2,1-2H3,(H,14,15). The van der Waals surface area contributed by atoms with E-state index in [2.05, 4.69) is 19.2 Å². The second-order valence-electron chi connectivity index (χ2n) is 4.54. The molecule has 1 aliphatic rings. The van der Waals surface area contributed by atoms with Crippen LogP contribution in [0, 0.1) is 0 Å². The Hall–Kier alpha value is -0.610. The van der Waals surface area contributed by atoms with Gasteiger partial charge in [-0.3, -0.25) is 10.1 Å². The van der Waals surface area contributed by atoms with Gasteiger partial charge in [0.1, 0.15) is 5.54 Å². The first-order valence-electron chi connectivity index (χ1n) is 6.23. The van der Waals surface area contributed by atoms with Gasteiger partial charge in [0.05, 0.1) is 0 Å². The van der Waals surface area contributed by atoms with Gasteiger partial charge in [-0.1, -0.05) is 20.3 Å². The molecule has 1 aliphatic heterocycles. The zero-order chi connectivity index (χ0) is 12.0. The number of hydrogen-bond donors (Lipinski definition) is 2. The lowest BCUT2D eigenvalue weighted by Gasteiger charge is -2.37. The Morgan fingerprint density at radius 1 is 1.44 bits per heavy atom. The van der Waals surface area contributed by atoms with Crippen molar-refractivity contribution in [1.82, 2.24) is 5.32 Å². The summed E-state index contributed by atoms with van der Waals surface area (Å²) in [4.78, 5) is 11.4. The summed E-state index contributed by atoms with van der Waals surface area (Å²) in [5.41, 5.74) is -0.756. The molecule has 0 saturated carbocycles. The van der Waals surface area contributed by atoms with E-state index in [1.165, 1.54) is 0 Å². The van der Waals surface area contributed by atoms with Crippen molar-refractivity contribution in [1.29, 1.82) is 0 Å². The fourth-order valence-electron chi connectivity index (χ4n) is 2.26. The van der Waals surface area contributed by atoms with Crippen LogP contribution >= 0.6 is 0 Å². The van der Waals surface area contributed by atoms with Crippen LogP contribution in [0.3, 0.4) is 0 Å². The average molecular weight is 229 g/mol. The van der Waals surface area contributed by atoms with E-state index in [4.69, 9.17) is 4.74 Å². The lowest BCUT2D eigenvalue weighted by atomic mass is 9.88. The SMILES string of the molecule is CCCC(CC)NC1(C(=O)O)CCOCC1. The Morgan fingerprint density at radius 3 is 2.50 bits per heavy atom. The largest absolute Gasteiger partial charge is 0.480 e. The summed E-state index contributed by atoms with van der Waals surface area (Å²) in [6, 6.07) is 0.305. The zero-order valence-corrected chi connectivity index (χ0v) is 10.3. The van der Waals surface area contributed by atoms with Crippen LogP contribution in [0.4, 0.5) is 0 Å². The van der Waals surface area contributed by atoms with Crippen molar-refractivity contribution < 1.29 is 14.6 Å². The van der Waals surface area contributed by atoms with E-state index in [0.29, 0.717) is 32.1 Å². The van der Waals surface area contributed by atoms with Gasteiger partial charge in [-0.15, -0.1) is 0 Å². The lowest BCUT2D eigenvalue weighted by Crippen LogP contribution is -2.58. The number of rotatable bonds is 6. The fraction of sp³-hybridized carbons (Fsp3) is 0.917. The van der Waals surface area contributed by atoms with Gasteiger partial charge in [0.2, 0.25) is 0 Å². The highest BCUT2D eigenvalue weighted by Gasteiger charge is 2.41. The van der Waals surface area contributed by atoms with E-state index in [0.717, 1.165) is 19.3 Å². The molecule has 94 valence electrons. The van der Waals surface area contributed by atoms with E-state index in [1.54, 1.807) is 0 Å². The molecule has 0 spiro atoms. The third-order valence-corrected chi connectivity index (χ3v) is 3.37. The van der Waals surface area contributed by atoms with Gasteiger partial charge >= 0.3 is 5.97 Å². The average Bonchev–Trinajstić information content (AvgIpc) is 2.29. The normalized spacial score (nSPS) is 21.6. The molecule has 1 atom stereocenters. The molecule has 0 aromatic carbocycles. The summed E-state index contributed by atoms with van der Waals surface area (Å²) in [7, 11) is 0. The minimum absolute atomic E-state index is 0.305. The Kier molecular flexibility index (Phi) is 5.22. The zero-order valence-electron chi connectivity index (χ0n) is 10.3. The predicted molar refractivity (Wildman–Crippen MR) is 62.5 cm³/mol. The van der Waals surface area contributed by atoms with Crippen molar-refractivity contribution in [3.05, 3.63) is 0 Å². The molecule has 4 heteroatoms. The van der Waals surface area contributed by atoms with Gasteiger partial charge in [0, 0.05) is 19.3 Å². The minimum Gasteiger partial charge on any atom is -0.480 e. The van der Waals surface area contributed by atoms with Crippen LogP contribution in [0.25, 0.3) is 0 Å². The molecule has 1 fully saturated rings. The summed E-state index contributed by atoms with van der Waals surface area (Å²) < 4.78 is 5.25. The summed E-state index contributed by atoms with van der Waals surface area (Å²) >= 11 is 0. The van der Waals surface area contributed by atoms with Gasteiger partial charge in [0.25, 0.3) is 0 Å². The number of carboxylic acid groups (broad SMARTS) is 1. The third kappa shape index (κ3) is 3.19. The van der Waals surface area contributed by atoms with Gasteiger partial charge < -0.3 is 9.84 Å². The van der Waals surface area contributed by atoms with Crippen molar-refractivity contribution in [2.24, 2.45) is 0 Å². The highest BCUT2D eigenvalue weighted by Crippen LogP contribution is 2.23. The third-order valence-electron chi connectivity index (χ3n) is 3.37. The highest BCUT2D eigenvalue weighted by atomic mass is 16.5. The Morgan fingerprint density at radius 2 is 2.06 bits per heavy atom. The molecule has 0 bridgehead atoms. The maximum Gasteiger partial charge on any atom is 0.324 e. The second kappa shape index (κ2) is 6.21. The highest BCUT2D eigenvalue weighted by molar-refractivity contribution is 5.79. The molecule has 0 aromatic rings. The molecule has 2 N–H and O–H groups in total. The van der Waals surface area contributed by atoms with Crippen LogP contribution in [0.15, 0.2) is 0 Å². The lowest BCUT2D eigenvalue weighted by molar-refractivity contribution is -0.149. The van der Waals surface area contributed by atoms with E-state index in [-0.39, 0.29) is 0 Å². The number of carboxylic acids is 1. The number of nitrogens with one attached hydrogen (secondary N) is 1. The van der Waals surface area contributed by atoms with Crippen molar-refractivity contribution >= 4 is 5.97 Å². The number of ether oxygens (including phenoxy) is 1. The minimum atomic E-state index is -0.756. The van der Waals surface area contributed by atoms with Gasteiger partial charge in [0.15, 0.2) is 0 Å². The molecule has 16 heavy (non-hydrogen) atoms. The molecule has 1 rings (SSSR count). The molecular formula is C12H23NO3. The fourth-order valence-corrected chi connectivity index (χ4v) is 2.26. The number of aliphatic carboxylic acids is 1. The van der Waals surface area contributed by atoms with Crippen LogP contribution in [0.2, 0.25) is 0 Å². The van der Waals surface area contributed by atoms with Crippen LogP contribution < -0.4 is 5.32 Å².